The van der Waals surface area contributed by atoms with Gasteiger partial charge in [0.05, 0.1) is 17.9 Å². The van der Waals surface area contributed by atoms with Crippen LogP contribution >= 0.6 is 11.6 Å². The lowest BCUT2D eigenvalue weighted by Gasteiger charge is -2.38. The van der Waals surface area contributed by atoms with E-state index in [1.165, 1.54) is 11.0 Å². The van der Waals surface area contributed by atoms with Crippen LogP contribution in [0.1, 0.15) is 38.7 Å². The molecule has 1 spiro atoms. The molecule has 2 N–H and O–H groups in total. The number of fused-ring (bicyclic) bond motifs is 1. The third-order valence-corrected chi connectivity index (χ3v) is 9.59. The number of benzene rings is 2. The molecule has 3 heterocycles. The van der Waals surface area contributed by atoms with Gasteiger partial charge in [-0.2, -0.15) is 0 Å². The van der Waals surface area contributed by atoms with Crippen LogP contribution in [-0.2, 0) is 25.7 Å². The van der Waals surface area contributed by atoms with E-state index in [1.54, 1.807) is 54.6 Å². The van der Waals surface area contributed by atoms with E-state index in [9.17, 15) is 18.8 Å². The molecule has 0 radical (unpaired) electrons. The maximum absolute atomic E-state index is 14.8. The predicted octanol–water partition coefficient (Wildman–Crippen LogP) is 4.71. The molecule has 4 aliphatic rings. The molecule has 6 rings (SSSR count). The first kappa shape index (κ1) is 27.0. The second-order valence-electron chi connectivity index (χ2n) is 11.6. The Hall–Kier alpha value is -3.23. The molecule has 1 saturated carbocycles. The molecule has 2 saturated heterocycles. The predicted molar refractivity (Wildman–Crippen MR) is 149 cm³/mol. The summed E-state index contributed by atoms with van der Waals surface area (Å²) in [7, 11) is 0. The lowest BCUT2D eigenvalue weighted by Crippen LogP contribution is -2.57. The van der Waals surface area contributed by atoms with Gasteiger partial charge < -0.3 is 20.3 Å². The Balaban J connectivity index is 1.34. The number of carbonyl (C=O) groups is 3. The monoisotopic (exact) mass is 565 g/mol. The highest BCUT2D eigenvalue weighted by Gasteiger charge is 2.72. The highest BCUT2D eigenvalue weighted by molar-refractivity contribution is 6.30. The number of hydrogen-bond donors (Lipinski definition) is 2. The zero-order chi connectivity index (χ0) is 28.2. The van der Waals surface area contributed by atoms with Gasteiger partial charge >= 0.3 is 0 Å². The molecule has 1 aliphatic carbocycles. The summed E-state index contributed by atoms with van der Waals surface area (Å²) < 4.78 is 21.2. The number of rotatable bonds is 6. The van der Waals surface area contributed by atoms with E-state index < -0.39 is 47.2 Å². The van der Waals surface area contributed by atoms with Crippen LogP contribution in [0.3, 0.4) is 0 Å². The zero-order valence-electron chi connectivity index (χ0n) is 22.5. The third-order valence-electron chi connectivity index (χ3n) is 9.35. The number of likely N-dealkylation sites (tertiary alicyclic amines) is 1. The number of halogens is 2. The summed E-state index contributed by atoms with van der Waals surface area (Å²) in [6.07, 6.45) is 5.85. The molecule has 0 aromatic heterocycles. The number of nitrogens with one attached hydrogen (secondary N) is 2. The summed E-state index contributed by atoms with van der Waals surface area (Å²) in [4.78, 5) is 43.2. The number of ether oxygens (including phenoxy) is 1. The number of hydrogen-bond acceptors (Lipinski definition) is 4. The van der Waals surface area contributed by atoms with Gasteiger partial charge in [-0.25, -0.2) is 4.39 Å². The van der Waals surface area contributed by atoms with Crippen LogP contribution in [0, 0.1) is 29.5 Å². The molecule has 3 amide bonds. The van der Waals surface area contributed by atoms with Crippen molar-refractivity contribution < 1.29 is 23.5 Å². The average molecular weight is 566 g/mol. The molecule has 210 valence electrons. The first-order valence-corrected chi connectivity index (χ1v) is 14.4. The molecule has 7 nitrogen and oxygen atoms in total. The minimum atomic E-state index is -1.32. The molecule has 8 atom stereocenters. The fourth-order valence-corrected chi connectivity index (χ4v) is 7.28. The lowest BCUT2D eigenvalue weighted by atomic mass is 9.73. The molecule has 8 unspecified atom stereocenters. The standard InChI is InChI=1S/C31H33ClFN3O4/c1-17-7-5-12-23(18(17)2)35-29(38)27-31-14-13-24(40-31)25(28(37)34-21-10-6-9-20(32)15-21)26(31)30(39)36(27)16-19-8-3-4-11-22(19)33/h3-4,6,8-11,13-15,17-18,23-27H,5,7,12,16H2,1-2H3,(H,34,37)(H,35,38). The second kappa shape index (κ2) is 10.3. The first-order chi connectivity index (χ1) is 19.2. The van der Waals surface area contributed by atoms with Crippen LogP contribution in [0.2, 0.25) is 5.02 Å². The summed E-state index contributed by atoms with van der Waals surface area (Å²) in [5.74, 6) is -2.63. The quantitative estimate of drug-likeness (QED) is 0.497. The number of nitrogens with zero attached hydrogens (tertiary/aromatic N) is 1. The van der Waals surface area contributed by atoms with Gasteiger partial charge in [0, 0.05) is 28.9 Å². The largest absolute Gasteiger partial charge is 0.359 e. The second-order valence-corrected chi connectivity index (χ2v) is 12.1. The van der Waals surface area contributed by atoms with E-state index in [2.05, 4.69) is 24.5 Å². The molecule has 2 aromatic rings. The van der Waals surface area contributed by atoms with Crippen molar-refractivity contribution in [3.8, 4) is 0 Å². The van der Waals surface area contributed by atoms with Crippen LogP contribution < -0.4 is 10.6 Å². The van der Waals surface area contributed by atoms with Crippen LogP contribution in [0.4, 0.5) is 10.1 Å². The Kier molecular flexibility index (Phi) is 6.95. The van der Waals surface area contributed by atoms with Crippen molar-refractivity contribution in [2.75, 3.05) is 5.32 Å². The van der Waals surface area contributed by atoms with Crippen molar-refractivity contribution in [1.82, 2.24) is 10.2 Å². The van der Waals surface area contributed by atoms with Gasteiger partial charge in [-0.3, -0.25) is 14.4 Å². The van der Waals surface area contributed by atoms with Crippen molar-refractivity contribution >= 4 is 35.0 Å². The van der Waals surface area contributed by atoms with E-state index in [1.807, 2.05) is 0 Å². The zero-order valence-corrected chi connectivity index (χ0v) is 23.2. The normalized spacial score (nSPS) is 34.1. The summed E-state index contributed by atoms with van der Waals surface area (Å²) in [5.41, 5.74) is -0.526. The SMILES string of the molecule is CC1CCCC(NC(=O)C2N(Cc3ccccc3F)C(=O)C3C(C(=O)Nc4cccc(Cl)c4)C4C=CC32O4)C1C. The van der Waals surface area contributed by atoms with Crippen molar-refractivity contribution in [3.63, 3.8) is 0 Å². The van der Waals surface area contributed by atoms with Gasteiger partial charge in [-0.1, -0.05) is 74.7 Å². The van der Waals surface area contributed by atoms with Gasteiger partial charge in [0.2, 0.25) is 17.7 Å². The summed E-state index contributed by atoms with van der Waals surface area (Å²) in [5, 5.41) is 6.55. The highest BCUT2D eigenvalue weighted by atomic mass is 35.5. The van der Waals surface area contributed by atoms with Crippen LogP contribution in [0.5, 0.6) is 0 Å². The Morgan fingerprint density at radius 2 is 1.93 bits per heavy atom. The Morgan fingerprint density at radius 1 is 1.12 bits per heavy atom. The summed E-state index contributed by atoms with van der Waals surface area (Å²) in [6, 6.07) is 11.9. The van der Waals surface area contributed by atoms with Gasteiger partial charge in [0.25, 0.3) is 0 Å². The topological polar surface area (TPSA) is 87.7 Å². The highest BCUT2D eigenvalue weighted by Crippen LogP contribution is 2.55. The van der Waals surface area contributed by atoms with Gasteiger partial charge in [0.1, 0.15) is 17.5 Å². The smallest absolute Gasteiger partial charge is 0.246 e. The van der Waals surface area contributed by atoms with E-state index in [0.717, 1.165) is 19.3 Å². The Morgan fingerprint density at radius 3 is 2.70 bits per heavy atom. The van der Waals surface area contributed by atoms with Crippen molar-refractivity contribution in [3.05, 3.63) is 77.1 Å². The Labute approximate surface area is 238 Å². The summed E-state index contributed by atoms with van der Waals surface area (Å²) in [6.45, 7) is 4.22. The van der Waals surface area contributed by atoms with E-state index >= 15 is 0 Å². The van der Waals surface area contributed by atoms with Crippen molar-refractivity contribution in [2.24, 2.45) is 23.7 Å². The maximum Gasteiger partial charge on any atom is 0.246 e. The number of carbonyl (C=O) groups excluding carboxylic acids is 3. The van der Waals surface area contributed by atoms with E-state index in [4.69, 9.17) is 16.3 Å². The Bertz CT molecular complexity index is 1380. The maximum atomic E-state index is 14.8. The van der Waals surface area contributed by atoms with Crippen LogP contribution in [0.25, 0.3) is 0 Å². The molecular weight excluding hydrogens is 533 g/mol. The molecule has 2 bridgehead atoms. The minimum absolute atomic E-state index is 0.0402. The molecule has 40 heavy (non-hydrogen) atoms. The minimum Gasteiger partial charge on any atom is -0.359 e. The van der Waals surface area contributed by atoms with Gasteiger partial charge in [-0.05, 0) is 42.5 Å². The van der Waals surface area contributed by atoms with Crippen molar-refractivity contribution in [1.29, 1.82) is 0 Å². The van der Waals surface area contributed by atoms with Crippen LogP contribution in [-0.4, -0.2) is 46.4 Å². The summed E-state index contributed by atoms with van der Waals surface area (Å²) >= 11 is 6.10. The molecule has 3 aliphatic heterocycles. The average Bonchev–Trinajstić information content (AvgIpc) is 3.55. The molecule has 3 fully saturated rings. The fraction of sp³-hybridized carbons (Fsp3) is 0.452. The molecule has 2 aromatic carbocycles. The van der Waals surface area contributed by atoms with Crippen molar-refractivity contribution in [2.45, 2.75) is 63.4 Å². The first-order valence-electron chi connectivity index (χ1n) is 14.0. The van der Waals surface area contributed by atoms with E-state index in [-0.39, 0.29) is 24.4 Å². The molecular formula is C31H33ClFN3O4. The van der Waals surface area contributed by atoms with Gasteiger partial charge in [-0.15, -0.1) is 0 Å². The number of anilines is 1. The fourth-order valence-electron chi connectivity index (χ4n) is 7.09. The number of amides is 3. The van der Waals surface area contributed by atoms with E-state index in [0.29, 0.717) is 22.2 Å². The lowest BCUT2D eigenvalue weighted by molar-refractivity contribution is -0.142. The van der Waals surface area contributed by atoms with Crippen LogP contribution in [0.15, 0.2) is 60.7 Å². The molecule has 9 heteroatoms. The van der Waals surface area contributed by atoms with Gasteiger partial charge in [0.15, 0.2) is 0 Å². The third kappa shape index (κ3) is 4.41.